The maximum atomic E-state index is 13.0. The van der Waals surface area contributed by atoms with Crippen molar-refractivity contribution in [1.82, 2.24) is 20.6 Å². The molecule has 4 aromatic rings. The quantitative estimate of drug-likeness (QED) is 0.218. The number of hydrogen-bond acceptors (Lipinski definition) is 6. The van der Waals surface area contributed by atoms with E-state index in [2.05, 4.69) is 32.9 Å². The Hall–Kier alpha value is -3.65. The number of ether oxygens (including phenoxy) is 1. The summed E-state index contributed by atoms with van der Waals surface area (Å²) >= 11 is 1.54. The van der Waals surface area contributed by atoms with Gasteiger partial charge in [0.1, 0.15) is 5.75 Å². The van der Waals surface area contributed by atoms with E-state index in [0.717, 1.165) is 33.2 Å². The Labute approximate surface area is 209 Å². The van der Waals surface area contributed by atoms with Crippen molar-refractivity contribution in [2.75, 3.05) is 11.9 Å². The van der Waals surface area contributed by atoms with Crippen LogP contribution in [0.4, 0.5) is 5.69 Å². The molecule has 0 aliphatic heterocycles. The number of tetrazole rings is 1. The minimum absolute atomic E-state index is 0.170. The molecule has 0 spiro atoms. The van der Waals surface area contributed by atoms with Gasteiger partial charge in [-0.1, -0.05) is 68.6 Å². The van der Waals surface area contributed by atoms with Gasteiger partial charge in [0.05, 0.1) is 12.3 Å². The Morgan fingerprint density at radius 3 is 2.43 bits per heavy atom. The lowest BCUT2D eigenvalue weighted by Gasteiger charge is -2.13. The molecule has 0 aliphatic rings. The number of para-hydroxylation sites is 1. The van der Waals surface area contributed by atoms with Crippen LogP contribution in [0.15, 0.2) is 82.6 Å². The fraction of sp³-hybridized carbons (Fsp3) is 0.259. The fourth-order valence-corrected chi connectivity index (χ4v) is 4.63. The van der Waals surface area contributed by atoms with Gasteiger partial charge in [0.15, 0.2) is 5.82 Å². The third kappa shape index (κ3) is 6.93. The van der Waals surface area contributed by atoms with Gasteiger partial charge in [-0.3, -0.25) is 4.79 Å². The summed E-state index contributed by atoms with van der Waals surface area (Å²) in [5, 5.41) is 17.2. The number of aromatic amines is 1. The molecule has 0 atom stereocenters. The highest BCUT2D eigenvalue weighted by atomic mass is 32.2. The second-order valence-electron chi connectivity index (χ2n) is 8.09. The van der Waals surface area contributed by atoms with Gasteiger partial charge in [-0.2, -0.15) is 0 Å². The second kappa shape index (κ2) is 12.7. The van der Waals surface area contributed by atoms with E-state index in [1.54, 1.807) is 23.9 Å². The number of nitrogens with one attached hydrogen (secondary N) is 2. The van der Waals surface area contributed by atoms with Crippen LogP contribution in [0, 0.1) is 0 Å². The first kappa shape index (κ1) is 24.5. The Balaban J connectivity index is 1.39. The zero-order valence-electron chi connectivity index (χ0n) is 19.7. The lowest BCUT2D eigenvalue weighted by molar-refractivity contribution is 0.102. The number of hydrogen-bond donors (Lipinski definition) is 2. The molecule has 7 nitrogen and oxygen atoms in total. The SMILES string of the molecule is CCCCCCCOc1ccc(C(=O)Nc2ccccc2Sc2ccccc2-c2nnn[nH]2)cc1. The minimum Gasteiger partial charge on any atom is -0.494 e. The Morgan fingerprint density at radius 2 is 1.66 bits per heavy atom. The first-order valence-electron chi connectivity index (χ1n) is 11.9. The van der Waals surface area contributed by atoms with Crippen molar-refractivity contribution in [2.24, 2.45) is 0 Å². The molecule has 0 bridgehead atoms. The highest BCUT2D eigenvalue weighted by molar-refractivity contribution is 7.99. The molecule has 35 heavy (non-hydrogen) atoms. The summed E-state index contributed by atoms with van der Waals surface area (Å²) in [5.41, 5.74) is 2.21. The number of aromatic nitrogens is 4. The highest BCUT2D eigenvalue weighted by Gasteiger charge is 2.14. The average molecular weight is 488 g/mol. The largest absolute Gasteiger partial charge is 0.494 e. The third-order valence-corrected chi connectivity index (χ3v) is 6.63. The zero-order chi connectivity index (χ0) is 24.3. The Bertz CT molecular complexity index is 1210. The lowest BCUT2D eigenvalue weighted by atomic mass is 10.1. The number of amides is 1. The van der Waals surface area contributed by atoms with Crippen LogP contribution >= 0.6 is 11.8 Å². The van der Waals surface area contributed by atoms with E-state index in [1.165, 1.54) is 25.7 Å². The zero-order valence-corrected chi connectivity index (χ0v) is 20.6. The molecule has 0 saturated heterocycles. The van der Waals surface area contributed by atoms with E-state index in [-0.39, 0.29) is 5.91 Å². The van der Waals surface area contributed by atoms with Crippen LogP contribution < -0.4 is 10.1 Å². The summed E-state index contributed by atoms with van der Waals surface area (Å²) in [6.07, 6.45) is 6.00. The summed E-state index contributed by atoms with van der Waals surface area (Å²) in [6.45, 7) is 2.91. The molecule has 0 fully saturated rings. The predicted octanol–water partition coefficient (Wildman–Crippen LogP) is 6.62. The van der Waals surface area contributed by atoms with E-state index in [4.69, 9.17) is 4.74 Å². The van der Waals surface area contributed by atoms with Gasteiger partial charge < -0.3 is 10.1 Å². The molecular formula is C27H29N5O2S. The minimum atomic E-state index is -0.170. The van der Waals surface area contributed by atoms with Crippen molar-refractivity contribution in [3.8, 4) is 17.1 Å². The lowest BCUT2D eigenvalue weighted by Crippen LogP contribution is -2.12. The van der Waals surface area contributed by atoms with Crippen LogP contribution in [0.2, 0.25) is 0 Å². The highest BCUT2D eigenvalue weighted by Crippen LogP contribution is 2.38. The number of rotatable bonds is 12. The van der Waals surface area contributed by atoms with Gasteiger partial charge in [-0.25, -0.2) is 5.10 Å². The van der Waals surface area contributed by atoms with Gasteiger partial charge in [0.25, 0.3) is 5.91 Å². The van der Waals surface area contributed by atoms with Crippen molar-refractivity contribution in [3.05, 3.63) is 78.4 Å². The van der Waals surface area contributed by atoms with Crippen LogP contribution in [0.25, 0.3) is 11.4 Å². The summed E-state index contributed by atoms with van der Waals surface area (Å²) in [7, 11) is 0. The predicted molar refractivity (Wildman–Crippen MR) is 139 cm³/mol. The van der Waals surface area contributed by atoms with Gasteiger partial charge in [0.2, 0.25) is 0 Å². The second-order valence-corrected chi connectivity index (χ2v) is 9.17. The monoisotopic (exact) mass is 487 g/mol. The van der Waals surface area contributed by atoms with Crippen molar-refractivity contribution in [3.63, 3.8) is 0 Å². The Morgan fingerprint density at radius 1 is 0.914 bits per heavy atom. The van der Waals surface area contributed by atoms with Crippen molar-refractivity contribution < 1.29 is 9.53 Å². The maximum absolute atomic E-state index is 13.0. The van der Waals surface area contributed by atoms with Crippen molar-refractivity contribution in [1.29, 1.82) is 0 Å². The summed E-state index contributed by atoms with van der Waals surface area (Å²) < 4.78 is 5.81. The molecule has 180 valence electrons. The van der Waals surface area contributed by atoms with Gasteiger partial charge in [0, 0.05) is 20.9 Å². The van der Waals surface area contributed by atoms with Crippen LogP contribution in [0.1, 0.15) is 49.4 Å². The molecule has 1 amide bonds. The number of H-pyrrole nitrogens is 1. The number of carbonyl (C=O) groups excluding carboxylic acids is 1. The Kier molecular flexibility index (Phi) is 8.89. The standard InChI is InChI=1S/C27H29N5O2S/c1-2-3-4-5-10-19-34-21-17-15-20(16-18-21)27(33)28-23-12-7-9-14-25(23)35-24-13-8-6-11-22(24)26-29-31-32-30-26/h6-9,11-18H,2-5,10,19H2,1H3,(H,28,33)(H,29,30,31,32). The average Bonchev–Trinajstić information content (AvgIpc) is 3.43. The molecule has 0 aliphatic carbocycles. The van der Waals surface area contributed by atoms with E-state index in [0.29, 0.717) is 18.0 Å². The molecule has 8 heteroatoms. The van der Waals surface area contributed by atoms with E-state index < -0.39 is 0 Å². The smallest absolute Gasteiger partial charge is 0.255 e. The maximum Gasteiger partial charge on any atom is 0.255 e. The van der Waals surface area contributed by atoms with E-state index in [9.17, 15) is 4.79 Å². The fourth-order valence-electron chi connectivity index (χ4n) is 3.59. The van der Waals surface area contributed by atoms with Gasteiger partial charge in [-0.15, -0.1) is 5.10 Å². The first-order valence-corrected chi connectivity index (χ1v) is 12.7. The summed E-state index contributed by atoms with van der Waals surface area (Å²) in [4.78, 5) is 14.8. The van der Waals surface area contributed by atoms with Crippen LogP contribution in [0.5, 0.6) is 5.75 Å². The topological polar surface area (TPSA) is 92.8 Å². The van der Waals surface area contributed by atoms with Crippen molar-refractivity contribution >= 4 is 23.4 Å². The molecule has 1 aromatic heterocycles. The number of nitrogens with zero attached hydrogens (tertiary/aromatic N) is 3. The van der Waals surface area contributed by atoms with E-state index in [1.807, 2.05) is 60.7 Å². The van der Waals surface area contributed by atoms with Crippen molar-refractivity contribution in [2.45, 2.75) is 48.8 Å². The molecular weight excluding hydrogens is 458 g/mol. The molecule has 2 N–H and O–H groups in total. The molecule has 4 rings (SSSR count). The number of benzene rings is 3. The number of anilines is 1. The van der Waals surface area contributed by atoms with Crippen LogP contribution in [0.3, 0.4) is 0 Å². The first-order chi connectivity index (χ1) is 17.2. The van der Waals surface area contributed by atoms with E-state index >= 15 is 0 Å². The van der Waals surface area contributed by atoms with Gasteiger partial charge >= 0.3 is 0 Å². The third-order valence-electron chi connectivity index (χ3n) is 5.48. The van der Waals surface area contributed by atoms with Gasteiger partial charge in [-0.05, 0) is 65.4 Å². The number of unbranched alkanes of at least 4 members (excludes halogenated alkanes) is 4. The van der Waals surface area contributed by atoms with Crippen LogP contribution in [-0.4, -0.2) is 33.1 Å². The van der Waals surface area contributed by atoms with Crippen LogP contribution in [-0.2, 0) is 0 Å². The molecule has 1 heterocycles. The molecule has 0 saturated carbocycles. The molecule has 0 radical (unpaired) electrons. The number of carbonyl (C=O) groups is 1. The normalized spacial score (nSPS) is 10.8. The summed E-state index contributed by atoms with van der Waals surface area (Å²) in [6, 6.07) is 22.9. The molecule has 3 aromatic carbocycles. The molecule has 0 unspecified atom stereocenters. The summed E-state index contributed by atoms with van der Waals surface area (Å²) in [5.74, 6) is 1.21.